The van der Waals surface area contributed by atoms with E-state index in [9.17, 15) is 14.0 Å². The molecule has 0 saturated heterocycles. The van der Waals surface area contributed by atoms with Crippen LogP contribution in [0, 0.1) is 5.82 Å². The predicted octanol–water partition coefficient (Wildman–Crippen LogP) is 2.06. The molecule has 1 aliphatic heterocycles. The number of aromatic nitrogens is 2. The van der Waals surface area contributed by atoms with Gasteiger partial charge in [0, 0.05) is 17.7 Å². The molecule has 1 aliphatic rings. The highest BCUT2D eigenvalue weighted by Gasteiger charge is 2.29. The van der Waals surface area contributed by atoms with Crippen LogP contribution in [0.4, 0.5) is 9.18 Å². The number of nitrogen functional groups attached to an aromatic ring is 1. The van der Waals surface area contributed by atoms with Gasteiger partial charge in [0.2, 0.25) is 0 Å². The van der Waals surface area contributed by atoms with Gasteiger partial charge < -0.3 is 15.5 Å². The molecule has 1 amide bonds. The predicted molar refractivity (Wildman–Crippen MR) is 94.4 cm³/mol. The summed E-state index contributed by atoms with van der Waals surface area (Å²) in [5, 5.41) is 0. The normalized spacial score (nSPS) is 14.1. The molecular weight excluding hydrogens is 339 g/mol. The van der Waals surface area contributed by atoms with Gasteiger partial charge in [0.1, 0.15) is 11.4 Å². The second kappa shape index (κ2) is 6.44. The molecule has 26 heavy (non-hydrogen) atoms. The Morgan fingerprint density at radius 3 is 2.54 bits per heavy atom. The number of nitrogens with two attached hydrogens (primary N) is 1. The van der Waals surface area contributed by atoms with Crippen LogP contribution in [-0.4, -0.2) is 32.8 Å². The average Bonchev–Trinajstić information content (AvgIpc) is 2.57. The van der Waals surface area contributed by atoms with Crippen molar-refractivity contribution < 1.29 is 13.9 Å². The third kappa shape index (κ3) is 3.54. The second-order valence-corrected chi connectivity index (χ2v) is 7.19. The molecule has 0 radical (unpaired) electrons. The van der Waals surface area contributed by atoms with E-state index >= 15 is 0 Å². The number of hydrogen-bond acceptors (Lipinski definition) is 5. The van der Waals surface area contributed by atoms with E-state index in [-0.39, 0.29) is 17.9 Å². The van der Waals surface area contributed by atoms with Crippen molar-refractivity contribution >= 4 is 6.09 Å². The molecule has 1 aromatic heterocycles. The molecule has 0 atom stereocenters. The highest BCUT2D eigenvalue weighted by molar-refractivity contribution is 5.68. The Labute approximate surface area is 150 Å². The molecule has 2 heterocycles. The number of halogens is 1. The standard InChI is InChI=1S/C18H21FN4O3/c1-18(2,3)26-17(25)22-9-8-13-14(10-22)21-15(23(20)16(13)24)11-4-6-12(19)7-5-11/h4-7H,8-10,20H2,1-3H3. The summed E-state index contributed by atoms with van der Waals surface area (Å²) in [5.74, 6) is 5.72. The van der Waals surface area contributed by atoms with Crippen molar-refractivity contribution in [1.29, 1.82) is 0 Å². The fourth-order valence-electron chi connectivity index (χ4n) is 2.79. The van der Waals surface area contributed by atoms with E-state index in [4.69, 9.17) is 10.6 Å². The maximum atomic E-state index is 13.2. The maximum absolute atomic E-state index is 13.2. The van der Waals surface area contributed by atoms with Crippen molar-refractivity contribution in [2.45, 2.75) is 39.3 Å². The molecule has 8 heteroatoms. The molecule has 1 aromatic carbocycles. The number of hydrogen-bond donors (Lipinski definition) is 1. The molecule has 0 bridgehead atoms. The van der Waals surface area contributed by atoms with Crippen LogP contribution >= 0.6 is 0 Å². The summed E-state index contributed by atoms with van der Waals surface area (Å²) in [4.78, 5) is 30.8. The molecule has 0 spiro atoms. The molecular formula is C18H21FN4O3. The van der Waals surface area contributed by atoms with Gasteiger partial charge >= 0.3 is 6.09 Å². The SMILES string of the molecule is CC(C)(C)OC(=O)N1CCc2c(nc(-c3ccc(F)cc3)n(N)c2=O)C1. The second-order valence-electron chi connectivity index (χ2n) is 7.19. The van der Waals surface area contributed by atoms with Crippen LogP contribution in [0.15, 0.2) is 29.1 Å². The maximum Gasteiger partial charge on any atom is 0.410 e. The van der Waals surface area contributed by atoms with Crippen LogP contribution in [0.1, 0.15) is 32.0 Å². The summed E-state index contributed by atoms with van der Waals surface area (Å²) in [5.41, 5.74) is 0.512. The lowest BCUT2D eigenvalue weighted by Gasteiger charge is -2.30. The van der Waals surface area contributed by atoms with E-state index in [2.05, 4.69) is 4.98 Å². The lowest BCUT2D eigenvalue weighted by atomic mass is 10.1. The molecule has 138 valence electrons. The van der Waals surface area contributed by atoms with Crippen LogP contribution in [-0.2, 0) is 17.7 Å². The van der Waals surface area contributed by atoms with E-state index in [0.717, 1.165) is 4.68 Å². The minimum atomic E-state index is -0.606. The minimum Gasteiger partial charge on any atom is -0.444 e. The molecule has 0 unspecified atom stereocenters. The van der Waals surface area contributed by atoms with E-state index in [1.54, 1.807) is 20.8 Å². The van der Waals surface area contributed by atoms with Crippen LogP contribution in [0.3, 0.4) is 0 Å². The third-order valence-corrected chi connectivity index (χ3v) is 4.02. The monoisotopic (exact) mass is 360 g/mol. The van der Waals surface area contributed by atoms with Crippen LogP contribution in [0.25, 0.3) is 11.4 Å². The number of amides is 1. The summed E-state index contributed by atoms with van der Waals surface area (Å²) in [6.07, 6.45) is -0.105. The Morgan fingerprint density at radius 1 is 1.27 bits per heavy atom. The largest absolute Gasteiger partial charge is 0.444 e. The number of rotatable bonds is 1. The van der Waals surface area contributed by atoms with Crippen molar-refractivity contribution in [3.8, 4) is 11.4 Å². The number of carbonyl (C=O) groups excluding carboxylic acids is 1. The fraction of sp³-hybridized carbons (Fsp3) is 0.389. The summed E-state index contributed by atoms with van der Waals surface area (Å²) in [6.45, 7) is 5.89. The fourth-order valence-corrected chi connectivity index (χ4v) is 2.79. The Bertz CT molecular complexity index is 900. The Hall–Kier alpha value is -2.90. The summed E-state index contributed by atoms with van der Waals surface area (Å²) in [7, 11) is 0. The molecule has 0 fully saturated rings. The molecule has 2 aromatic rings. The number of ether oxygens (including phenoxy) is 1. The molecule has 7 nitrogen and oxygen atoms in total. The van der Waals surface area contributed by atoms with Gasteiger partial charge in [-0.15, -0.1) is 0 Å². The van der Waals surface area contributed by atoms with Gasteiger partial charge in [-0.05, 0) is 51.5 Å². The van der Waals surface area contributed by atoms with E-state index < -0.39 is 17.5 Å². The summed E-state index contributed by atoms with van der Waals surface area (Å²) >= 11 is 0. The molecule has 2 N–H and O–H groups in total. The van der Waals surface area contributed by atoms with Crippen molar-refractivity contribution in [2.75, 3.05) is 12.4 Å². The molecule has 0 aliphatic carbocycles. The zero-order valence-corrected chi connectivity index (χ0v) is 15.0. The number of nitrogens with zero attached hydrogens (tertiary/aromatic N) is 3. The van der Waals surface area contributed by atoms with Crippen molar-refractivity contribution in [1.82, 2.24) is 14.6 Å². The average molecular weight is 360 g/mol. The van der Waals surface area contributed by atoms with Gasteiger partial charge in [0.15, 0.2) is 5.82 Å². The van der Waals surface area contributed by atoms with Gasteiger partial charge in [0.05, 0.1) is 12.2 Å². The highest BCUT2D eigenvalue weighted by atomic mass is 19.1. The summed E-state index contributed by atoms with van der Waals surface area (Å²) < 4.78 is 19.5. The van der Waals surface area contributed by atoms with E-state index in [1.165, 1.54) is 29.2 Å². The molecule has 3 rings (SSSR count). The summed E-state index contributed by atoms with van der Waals surface area (Å²) in [6, 6.07) is 5.55. The smallest absolute Gasteiger partial charge is 0.410 e. The zero-order chi connectivity index (χ0) is 19.1. The minimum absolute atomic E-state index is 0.161. The lowest BCUT2D eigenvalue weighted by molar-refractivity contribution is 0.0220. The van der Waals surface area contributed by atoms with Gasteiger partial charge in [0.25, 0.3) is 5.56 Å². The number of fused-ring (bicyclic) bond motifs is 1. The van der Waals surface area contributed by atoms with Gasteiger partial charge in [-0.3, -0.25) is 4.79 Å². The lowest BCUT2D eigenvalue weighted by Crippen LogP contribution is -2.44. The Balaban J connectivity index is 1.96. The third-order valence-electron chi connectivity index (χ3n) is 4.02. The Morgan fingerprint density at radius 2 is 1.92 bits per heavy atom. The first-order chi connectivity index (χ1) is 12.2. The van der Waals surface area contributed by atoms with Gasteiger partial charge in [-0.25, -0.2) is 18.8 Å². The zero-order valence-electron chi connectivity index (χ0n) is 15.0. The Kier molecular flexibility index (Phi) is 4.43. The first-order valence-electron chi connectivity index (χ1n) is 8.29. The number of benzene rings is 1. The van der Waals surface area contributed by atoms with Gasteiger partial charge in [-0.2, -0.15) is 0 Å². The topological polar surface area (TPSA) is 90.4 Å². The van der Waals surface area contributed by atoms with Gasteiger partial charge in [-0.1, -0.05) is 0 Å². The van der Waals surface area contributed by atoms with Crippen molar-refractivity contribution in [2.24, 2.45) is 0 Å². The van der Waals surface area contributed by atoms with Crippen molar-refractivity contribution in [3.63, 3.8) is 0 Å². The molecule has 0 saturated carbocycles. The van der Waals surface area contributed by atoms with E-state index in [0.29, 0.717) is 29.8 Å². The first-order valence-corrected chi connectivity index (χ1v) is 8.29. The highest BCUT2D eigenvalue weighted by Crippen LogP contribution is 2.21. The quantitative estimate of drug-likeness (QED) is 0.786. The van der Waals surface area contributed by atoms with Crippen LogP contribution < -0.4 is 11.4 Å². The van der Waals surface area contributed by atoms with E-state index in [1.807, 2.05) is 0 Å². The van der Waals surface area contributed by atoms with Crippen LogP contribution in [0.2, 0.25) is 0 Å². The number of carbonyl (C=O) groups is 1. The van der Waals surface area contributed by atoms with Crippen LogP contribution in [0.5, 0.6) is 0 Å². The first kappa shape index (κ1) is 17.9. The van der Waals surface area contributed by atoms with Crippen molar-refractivity contribution in [3.05, 3.63) is 51.7 Å².